The molecule has 0 aliphatic rings. The Morgan fingerprint density at radius 1 is 1.35 bits per heavy atom. The summed E-state index contributed by atoms with van der Waals surface area (Å²) in [6, 6.07) is 4.85. The molecule has 0 N–H and O–H groups in total. The molecule has 0 unspecified atom stereocenters. The number of nitrogens with zero attached hydrogens (tertiary/aromatic N) is 1. The SMILES string of the molecule is CCOCCOC(=O)Cn1c(C)cccc1=O. The number of esters is 1. The van der Waals surface area contributed by atoms with Crippen molar-refractivity contribution in [3.63, 3.8) is 0 Å². The minimum absolute atomic E-state index is 0.0579. The van der Waals surface area contributed by atoms with E-state index in [1.807, 2.05) is 6.92 Å². The van der Waals surface area contributed by atoms with E-state index < -0.39 is 5.97 Å². The van der Waals surface area contributed by atoms with Crippen LogP contribution in [0.1, 0.15) is 12.6 Å². The molecular formula is C12H17NO4. The third kappa shape index (κ3) is 4.40. The standard InChI is InChI=1S/C12H17NO4/c1-3-16-7-8-17-12(15)9-13-10(2)5-4-6-11(13)14/h4-6H,3,7-9H2,1-2H3. The van der Waals surface area contributed by atoms with E-state index in [0.29, 0.717) is 13.2 Å². The van der Waals surface area contributed by atoms with Gasteiger partial charge in [0.15, 0.2) is 0 Å². The molecule has 0 aromatic carbocycles. The zero-order valence-electron chi connectivity index (χ0n) is 10.1. The van der Waals surface area contributed by atoms with Crippen molar-refractivity contribution in [2.24, 2.45) is 0 Å². The summed E-state index contributed by atoms with van der Waals surface area (Å²) in [6.45, 7) is 4.77. The molecular weight excluding hydrogens is 222 g/mol. The number of carbonyl (C=O) groups is 1. The van der Waals surface area contributed by atoms with E-state index in [2.05, 4.69) is 0 Å². The van der Waals surface area contributed by atoms with Crippen LogP contribution in [0.15, 0.2) is 23.0 Å². The molecule has 0 radical (unpaired) electrons. The molecule has 0 amide bonds. The summed E-state index contributed by atoms with van der Waals surface area (Å²) in [7, 11) is 0. The molecule has 5 heteroatoms. The molecule has 0 spiro atoms. The number of ether oxygens (including phenoxy) is 2. The molecule has 17 heavy (non-hydrogen) atoms. The molecule has 0 saturated heterocycles. The van der Waals surface area contributed by atoms with E-state index in [-0.39, 0.29) is 18.7 Å². The average Bonchev–Trinajstić information content (AvgIpc) is 2.30. The third-order valence-corrected chi connectivity index (χ3v) is 2.25. The van der Waals surface area contributed by atoms with Crippen LogP contribution >= 0.6 is 0 Å². The van der Waals surface area contributed by atoms with Gasteiger partial charge < -0.3 is 14.0 Å². The summed E-state index contributed by atoms with van der Waals surface area (Å²) in [6.07, 6.45) is 0. The summed E-state index contributed by atoms with van der Waals surface area (Å²) < 4.78 is 11.3. The summed E-state index contributed by atoms with van der Waals surface area (Å²) in [5.41, 5.74) is 0.533. The van der Waals surface area contributed by atoms with Gasteiger partial charge in [-0.25, -0.2) is 0 Å². The van der Waals surface area contributed by atoms with Crippen molar-refractivity contribution in [1.82, 2.24) is 4.57 Å². The first-order chi connectivity index (χ1) is 8.15. The molecule has 0 aliphatic heterocycles. The Bertz CT molecular complexity index is 425. The van der Waals surface area contributed by atoms with Crippen molar-refractivity contribution in [2.45, 2.75) is 20.4 Å². The van der Waals surface area contributed by atoms with Gasteiger partial charge in [-0.3, -0.25) is 9.59 Å². The quantitative estimate of drug-likeness (QED) is 0.542. The number of aromatic nitrogens is 1. The van der Waals surface area contributed by atoms with Crippen molar-refractivity contribution >= 4 is 5.97 Å². The van der Waals surface area contributed by atoms with Gasteiger partial charge in [0.25, 0.3) is 5.56 Å². The van der Waals surface area contributed by atoms with E-state index in [0.717, 1.165) is 5.69 Å². The largest absolute Gasteiger partial charge is 0.462 e. The molecule has 0 saturated carbocycles. The molecule has 0 bridgehead atoms. The minimum atomic E-state index is -0.430. The Labute approximate surface area is 100.0 Å². The van der Waals surface area contributed by atoms with Crippen LogP contribution in [0.4, 0.5) is 0 Å². The molecule has 1 aromatic rings. The van der Waals surface area contributed by atoms with Gasteiger partial charge >= 0.3 is 5.97 Å². The van der Waals surface area contributed by atoms with Crippen molar-refractivity contribution < 1.29 is 14.3 Å². The third-order valence-electron chi connectivity index (χ3n) is 2.25. The number of carbonyl (C=O) groups excluding carboxylic acids is 1. The second kappa shape index (κ2) is 6.85. The van der Waals surface area contributed by atoms with E-state index in [9.17, 15) is 9.59 Å². The number of hydrogen-bond donors (Lipinski definition) is 0. The van der Waals surface area contributed by atoms with E-state index in [4.69, 9.17) is 9.47 Å². The van der Waals surface area contributed by atoms with Crippen molar-refractivity contribution in [3.8, 4) is 0 Å². The molecule has 0 fully saturated rings. The fourth-order valence-corrected chi connectivity index (χ4v) is 1.36. The van der Waals surface area contributed by atoms with Gasteiger partial charge in [0.2, 0.25) is 0 Å². The molecule has 5 nitrogen and oxygen atoms in total. The van der Waals surface area contributed by atoms with E-state index in [1.54, 1.807) is 19.1 Å². The topological polar surface area (TPSA) is 57.5 Å². The van der Waals surface area contributed by atoms with Gasteiger partial charge in [0, 0.05) is 18.4 Å². The van der Waals surface area contributed by atoms with Gasteiger partial charge in [-0.2, -0.15) is 0 Å². The van der Waals surface area contributed by atoms with Crippen LogP contribution in [-0.4, -0.2) is 30.4 Å². The normalized spacial score (nSPS) is 10.2. The first-order valence-corrected chi connectivity index (χ1v) is 5.55. The van der Waals surface area contributed by atoms with E-state index >= 15 is 0 Å². The van der Waals surface area contributed by atoms with Gasteiger partial charge in [-0.15, -0.1) is 0 Å². The fourth-order valence-electron chi connectivity index (χ4n) is 1.36. The molecule has 1 aromatic heterocycles. The summed E-state index contributed by atoms with van der Waals surface area (Å²) >= 11 is 0. The lowest BCUT2D eigenvalue weighted by Crippen LogP contribution is -2.26. The van der Waals surface area contributed by atoms with Crippen LogP contribution in [0.3, 0.4) is 0 Å². The second-order valence-electron chi connectivity index (χ2n) is 3.51. The average molecular weight is 239 g/mol. The van der Waals surface area contributed by atoms with Crippen LogP contribution in [0, 0.1) is 6.92 Å². The molecule has 94 valence electrons. The highest BCUT2D eigenvalue weighted by Gasteiger charge is 2.07. The predicted octanol–water partition coefficient (Wildman–Crippen LogP) is 0.736. The molecule has 1 heterocycles. The van der Waals surface area contributed by atoms with E-state index in [1.165, 1.54) is 10.6 Å². The lowest BCUT2D eigenvalue weighted by molar-refractivity contribution is -0.145. The maximum atomic E-state index is 11.5. The number of rotatable bonds is 6. The Morgan fingerprint density at radius 2 is 2.12 bits per heavy atom. The second-order valence-corrected chi connectivity index (χ2v) is 3.51. The van der Waals surface area contributed by atoms with Gasteiger partial charge in [-0.05, 0) is 19.9 Å². The lowest BCUT2D eigenvalue weighted by Gasteiger charge is -2.09. The predicted molar refractivity (Wildman–Crippen MR) is 62.9 cm³/mol. The van der Waals surface area contributed by atoms with Gasteiger partial charge in [-0.1, -0.05) is 6.07 Å². The van der Waals surface area contributed by atoms with Crippen molar-refractivity contribution in [2.75, 3.05) is 19.8 Å². The maximum absolute atomic E-state index is 11.5. The maximum Gasteiger partial charge on any atom is 0.326 e. The van der Waals surface area contributed by atoms with Crippen molar-refractivity contribution in [3.05, 3.63) is 34.2 Å². The number of pyridine rings is 1. The first kappa shape index (κ1) is 13.4. The lowest BCUT2D eigenvalue weighted by atomic mass is 10.3. The molecule has 1 rings (SSSR count). The van der Waals surface area contributed by atoms with Crippen LogP contribution in [0.2, 0.25) is 0 Å². The minimum Gasteiger partial charge on any atom is -0.462 e. The Hall–Kier alpha value is -1.62. The zero-order valence-corrected chi connectivity index (χ0v) is 10.1. The van der Waals surface area contributed by atoms with Crippen LogP contribution in [-0.2, 0) is 20.8 Å². The monoisotopic (exact) mass is 239 g/mol. The molecule has 0 aliphatic carbocycles. The van der Waals surface area contributed by atoms with Crippen LogP contribution < -0.4 is 5.56 Å². The summed E-state index contributed by atoms with van der Waals surface area (Å²) in [4.78, 5) is 22.9. The zero-order chi connectivity index (χ0) is 12.7. The highest BCUT2D eigenvalue weighted by Crippen LogP contribution is 1.94. The Morgan fingerprint density at radius 3 is 2.76 bits per heavy atom. The van der Waals surface area contributed by atoms with Crippen LogP contribution in [0.5, 0.6) is 0 Å². The van der Waals surface area contributed by atoms with Gasteiger partial charge in [0.1, 0.15) is 13.2 Å². The Balaban J connectivity index is 2.48. The fraction of sp³-hybridized carbons (Fsp3) is 0.500. The van der Waals surface area contributed by atoms with Crippen LogP contribution in [0.25, 0.3) is 0 Å². The number of aryl methyl sites for hydroxylation is 1. The Kier molecular flexibility index (Phi) is 5.42. The van der Waals surface area contributed by atoms with Gasteiger partial charge in [0.05, 0.1) is 6.61 Å². The highest BCUT2D eigenvalue weighted by atomic mass is 16.6. The first-order valence-electron chi connectivity index (χ1n) is 5.55. The summed E-state index contributed by atoms with van der Waals surface area (Å²) in [5.74, 6) is -0.430. The molecule has 0 atom stereocenters. The smallest absolute Gasteiger partial charge is 0.326 e. The summed E-state index contributed by atoms with van der Waals surface area (Å²) in [5, 5.41) is 0. The van der Waals surface area contributed by atoms with Crippen molar-refractivity contribution in [1.29, 1.82) is 0 Å². The number of hydrogen-bond acceptors (Lipinski definition) is 4. The highest BCUT2D eigenvalue weighted by molar-refractivity contribution is 5.69.